The lowest BCUT2D eigenvalue weighted by molar-refractivity contribution is -0.122. The van der Waals surface area contributed by atoms with Crippen molar-refractivity contribution in [1.82, 2.24) is 4.98 Å². The molecule has 0 spiro atoms. The number of hydrogen-bond acceptors (Lipinski definition) is 3. The number of aromatic nitrogens is 1. The molecular formula is C18H21N3O. The van der Waals surface area contributed by atoms with E-state index in [-0.39, 0.29) is 11.8 Å². The quantitative estimate of drug-likeness (QED) is 0.889. The highest BCUT2D eigenvalue weighted by Crippen LogP contribution is 2.27. The van der Waals surface area contributed by atoms with Crippen LogP contribution in [0.5, 0.6) is 0 Å². The van der Waals surface area contributed by atoms with Crippen molar-refractivity contribution in [3.63, 3.8) is 0 Å². The van der Waals surface area contributed by atoms with Crippen LogP contribution in [0.3, 0.4) is 0 Å². The zero-order valence-corrected chi connectivity index (χ0v) is 13.0. The van der Waals surface area contributed by atoms with Gasteiger partial charge < -0.3 is 10.6 Å². The summed E-state index contributed by atoms with van der Waals surface area (Å²) >= 11 is 0. The van der Waals surface area contributed by atoms with Crippen molar-refractivity contribution in [3.8, 4) is 0 Å². The van der Waals surface area contributed by atoms with Crippen LogP contribution in [-0.2, 0) is 4.79 Å². The first-order valence-corrected chi connectivity index (χ1v) is 7.73. The molecule has 1 aliphatic carbocycles. The van der Waals surface area contributed by atoms with Gasteiger partial charge in [-0.2, -0.15) is 0 Å². The van der Waals surface area contributed by atoms with E-state index in [0.29, 0.717) is 0 Å². The summed E-state index contributed by atoms with van der Waals surface area (Å²) in [6, 6.07) is 10.0. The molecule has 0 unspecified atom stereocenters. The number of benzene rings is 1. The van der Waals surface area contributed by atoms with E-state index in [4.69, 9.17) is 0 Å². The summed E-state index contributed by atoms with van der Waals surface area (Å²) in [4.78, 5) is 16.3. The smallest absolute Gasteiger partial charge is 0.227 e. The molecule has 4 heteroatoms. The fraction of sp³-hybridized carbons (Fsp3) is 0.333. The Morgan fingerprint density at radius 1 is 1.18 bits per heavy atom. The van der Waals surface area contributed by atoms with E-state index in [0.717, 1.165) is 36.5 Å². The van der Waals surface area contributed by atoms with E-state index in [2.05, 4.69) is 47.7 Å². The Hall–Kier alpha value is -2.36. The number of hydrogen-bond donors (Lipinski definition) is 2. The van der Waals surface area contributed by atoms with Crippen LogP contribution in [-0.4, -0.2) is 10.9 Å². The fourth-order valence-electron chi connectivity index (χ4n) is 2.55. The Kier molecular flexibility index (Phi) is 4.09. The predicted molar refractivity (Wildman–Crippen MR) is 89.4 cm³/mol. The molecule has 1 saturated carbocycles. The van der Waals surface area contributed by atoms with Gasteiger partial charge >= 0.3 is 0 Å². The number of carbonyl (C=O) groups is 1. The minimum atomic E-state index is 0.114. The van der Waals surface area contributed by atoms with E-state index >= 15 is 0 Å². The van der Waals surface area contributed by atoms with E-state index < -0.39 is 0 Å². The number of rotatable bonds is 4. The average Bonchev–Trinajstić information content (AvgIpc) is 2.42. The highest BCUT2D eigenvalue weighted by Gasteiger charge is 2.25. The highest BCUT2D eigenvalue weighted by molar-refractivity contribution is 5.92. The molecule has 0 aliphatic heterocycles. The standard InChI is InChI=1S/C18H21N3O/c1-12-6-8-16(13(2)10-12)21-17-9-7-15(11-19-17)20-18(22)14-4-3-5-14/h6-11,14H,3-5H2,1-2H3,(H,19,21)(H,20,22). The third kappa shape index (κ3) is 3.27. The number of pyridine rings is 1. The van der Waals surface area contributed by atoms with Gasteiger partial charge in [0, 0.05) is 11.6 Å². The maximum Gasteiger partial charge on any atom is 0.227 e. The van der Waals surface area contributed by atoms with Gasteiger partial charge in [-0.1, -0.05) is 24.1 Å². The van der Waals surface area contributed by atoms with E-state index in [1.54, 1.807) is 6.20 Å². The van der Waals surface area contributed by atoms with Crippen molar-refractivity contribution >= 4 is 23.1 Å². The molecule has 4 nitrogen and oxygen atoms in total. The van der Waals surface area contributed by atoms with Gasteiger partial charge in [-0.15, -0.1) is 0 Å². The average molecular weight is 295 g/mol. The second-order valence-corrected chi connectivity index (χ2v) is 5.99. The Morgan fingerprint density at radius 2 is 2.00 bits per heavy atom. The maximum atomic E-state index is 11.9. The molecular weight excluding hydrogens is 274 g/mol. The predicted octanol–water partition coefficient (Wildman–Crippen LogP) is 4.18. The summed E-state index contributed by atoms with van der Waals surface area (Å²) in [5, 5.41) is 6.23. The van der Waals surface area contributed by atoms with Crippen molar-refractivity contribution in [2.24, 2.45) is 5.92 Å². The largest absolute Gasteiger partial charge is 0.340 e. The minimum absolute atomic E-state index is 0.114. The number of nitrogens with one attached hydrogen (secondary N) is 2. The lowest BCUT2D eigenvalue weighted by atomic mass is 9.85. The molecule has 114 valence electrons. The maximum absolute atomic E-state index is 11.9. The summed E-state index contributed by atoms with van der Waals surface area (Å²) in [5.41, 5.74) is 4.22. The summed E-state index contributed by atoms with van der Waals surface area (Å²) in [6.07, 6.45) is 4.87. The molecule has 2 aromatic rings. The molecule has 1 aromatic carbocycles. The first-order valence-electron chi connectivity index (χ1n) is 7.73. The van der Waals surface area contributed by atoms with Crippen molar-refractivity contribution in [3.05, 3.63) is 47.7 Å². The van der Waals surface area contributed by atoms with Crippen LogP contribution in [0, 0.1) is 19.8 Å². The lowest BCUT2D eigenvalue weighted by Gasteiger charge is -2.23. The molecule has 0 bridgehead atoms. The molecule has 1 heterocycles. The van der Waals surface area contributed by atoms with Gasteiger partial charge in [0.05, 0.1) is 11.9 Å². The number of amides is 1. The normalized spacial score (nSPS) is 14.3. The van der Waals surface area contributed by atoms with Gasteiger partial charge in [0.1, 0.15) is 5.82 Å². The van der Waals surface area contributed by atoms with E-state index in [1.807, 2.05) is 12.1 Å². The van der Waals surface area contributed by atoms with Gasteiger partial charge in [0.15, 0.2) is 0 Å². The van der Waals surface area contributed by atoms with Crippen LogP contribution in [0.4, 0.5) is 17.2 Å². The van der Waals surface area contributed by atoms with Crippen molar-refractivity contribution in [2.45, 2.75) is 33.1 Å². The van der Waals surface area contributed by atoms with Gasteiger partial charge in [0.2, 0.25) is 5.91 Å². The first kappa shape index (κ1) is 14.6. The molecule has 0 radical (unpaired) electrons. The zero-order valence-electron chi connectivity index (χ0n) is 13.0. The summed E-state index contributed by atoms with van der Waals surface area (Å²) in [5.74, 6) is 1.07. The Labute approximate surface area is 131 Å². The molecule has 0 atom stereocenters. The Balaban J connectivity index is 1.64. The second-order valence-electron chi connectivity index (χ2n) is 5.99. The van der Waals surface area contributed by atoms with Crippen molar-refractivity contribution in [2.75, 3.05) is 10.6 Å². The third-order valence-corrected chi connectivity index (χ3v) is 4.15. The molecule has 3 rings (SSSR count). The van der Waals surface area contributed by atoms with Gasteiger partial charge in [-0.3, -0.25) is 4.79 Å². The number of nitrogens with zero attached hydrogens (tertiary/aromatic N) is 1. The number of carbonyl (C=O) groups excluding carboxylic acids is 1. The molecule has 0 saturated heterocycles. The third-order valence-electron chi connectivity index (χ3n) is 4.15. The molecule has 2 N–H and O–H groups in total. The van der Waals surface area contributed by atoms with Crippen molar-refractivity contribution < 1.29 is 4.79 Å². The van der Waals surface area contributed by atoms with Crippen LogP contribution in [0.1, 0.15) is 30.4 Å². The van der Waals surface area contributed by atoms with Crippen LogP contribution in [0.15, 0.2) is 36.5 Å². The highest BCUT2D eigenvalue weighted by atomic mass is 16.1. The first-order chi connectivity index (χ1) is 10.6. The van der Waals surface area contributed by atoms with E-state index in [1.165, 1.54) is 11.1 Å². The Morgan fingerprint density at radius 3 is 2.59 bits per heavy atom. The van der Waals surface area contributed by atoms with Gasteiger partial charge in [0.25, 0.3) is 0 Å². The number of aryl methyl sites for hydroxylation is 2. The van der Waals surface area contributed by atoms with Crippen LogP contribution in [0.25, 0.3) is 0 Å². The van der Waals surface area contributed by atoms with Crippen LogP contribution in [0.2, 0.25) is 0 Å². The van der Waals surface area contributed by atoms with Gasteiger partial charge in [-0.05, 0) is 50.5 Å². The molecule has 1 amide bonds. The van der Waals surface area contributed by atoms with Crippen LogP contribution < -0.4 is 10.6 Å². The van der Waals surface area contributed by atoms with Crippen molar-refractivity contribution in [1.29, 1.82) is 0 Å². The SMILES string of the molecule is Cc1ccc(Nc2ccc(NC(=O)C3CCC3)cn2)c(C)c1. The molecule has 1 fully saturated rings. The molecule has 1 aromatic heterocycles. The second kappa shape index (κ2) is 6.18. The summed E-state index contributed by atoms with van der Waals surface area (Å²) in [7, 11) is 0. The zero-order chi connectivity index (χ0) is 15.5. The fourth-order valence-corrected chi connectivity index (χ4v) is 2.55. The molecule has 22 heavy (non-hydrogen) atoms. The summed E-state index contributed by atoms with van der Waals surface area (Å²) in [6.45, 7) is 4.15. The van der Waals surface area contributed by atoms with E-state index in [9.17, 15) is 4.79 Å². The van der Waals surface area contributed by atoms with Crippen LogP contribution >= 0.6 is 0 Å². The minimum Gasteiger partial charge on any atom is -0.340 e. The lowest BCUT2D eigenvalue weighted by Crippen LogP contribution is -2.28. The molecule has 1 aliphatic rings. The monoisotopic (exact) mass is 295 g/mol. The summed E-state index contributed by atoms with van der Waals surface area (Å²) < 4.78 is 0. The van der Waals surface area contributed by atoms with Gasteiger partial charge in [-0.25, -0.2) is 4.98 Å². The Bertz CT molecular complexity index is 675. The number of anilines is 3. The topological polar surface area (TPSA) is 54.0 Å².